The second-order valence-electron chi connectivity index (χ2n) is 5.06. The van der Waals surface area contributed by atoms with Crippen molar-refractivity contribution in [2.75, 3.05) is 0 Å². The Morgan fingerprint density at radius 1 is 1.12 bits per heavy atom. The first-order valence-electron chi connectivity index (χ1n) is 7.16. The molecule has 3 rings (SSSR count). The Morgan fingerprint density at radius 2 is 1.84 bits per heavy atom. The normalized spacial score (nSPS) is 10.6. The maximum atomic E-state index is 12.9. The Labute approximate surface area is 152 Å². The number of rotatable bonds is 5. The molecular weight excluding hydrogens is 365 g/mol. The van der Waals surface area contributed by atoms with Gasteiger partial charge < -0.3 is 5.11 Å². The molecule has 0 atom stereocenters. The molecule has 3 aromatic rings. The maximum absolute atomic E-state index is 12.9. The third-order valence-electron chi connectivity index (χ3n) is 3.45. The number of carbonyl (C=O) groups excluding carboxylic acids is 1. The summed E-state index contributed by atoms with van der Waals surface area (Å²) < 4.78 is 1.25. The number of carboxylic acids is 1. The Balaban J connectivity index is 2.18. The molecule has 0 spiro atoms. The van der Waals surface area contributed by atoms with Crippen LogP contribution in [-0.2, 0) is 5.88 Å². The van der Waals surface area contributed by atoms with Crippen molar-refractivity contribution < 1.29 is 14.7 Å². The lowest BCUT2D eigenvalue weighted by molar-refractivity contribution is 0.0683. The number of carboxylic acid groups (broad SMARTS) is 1. The first kappa shape index (κ1) is 17.1. The van der Waals surface area contributed by atoms with E-state index in [0.29, 0.717) is 16.3 Å². The van der Waals surface area contributed by atoms with Crippen LogP contribution < -0.4 is 0 Å². The van der Waals surface area contributed by atoms with E-state index in [1.54, 1.807) is 42.5 Å². The zero-order valence-electron chi connectivity index (χ0n) is 12.7. The molecule has 6 nitrogen and oxygen atoms in total. The van der Waals surface area contributed by atoms with Crippen LogP contribution in [0.15, 0.2) is 48.5 Å². The van der Waals surface area contributed by atoms with Crippen LogP contribution in [-0.4, -0.2) is 31.6 Å². The molecule has 0 unspecified atom stereocenters. The van der Waals surface area contributed by atoms with Crippen molar-refractivity contribution in [2.45, 2.75) is 5.88 Å². The van der Waals surface area contributed by atoms with Crippen molar-refractivity contribution in [1.82, 2.24) is 14.8 Å². The van der Waals surface area contributed by atoms with Crippen molar-refractivity contribution in [3.63, 3.8) is 0 Å². The molecular formula is C17H11Cl2N3O3. The largest absolute Gasteiger partial charge is 0.475 e. The molecule has 0 saturated carbocycles. The number of halogens is 2. The molecule has 0 aliphatic heterocycles. The Bertz CT molecular complexity index is 955. The lowest BCUT2D eigenvalue weighted by Gasteiger charge is -2.11. The average Bonchev–Trinajstić information content (AvgIpc) is 3.06. The molecule has 8 heteroatoms. The lowest BCUT2D eigenvalue weighted by Crippen LogP contribution is -2.11. The van der Waals surface area contributed by atoms with E-state index in [1.807, 2.05) is 0 Å². The van der Waals surface area contributed by atoms with E-state index >= 15 is 0 Å². The summed E-state index contributed by atoms with van der Waals surface area (Å²) in [5, 5.41) is 13.4. The predicted octanol–water partition coefficient (Wildman–Crippen LogP) is 3.59. The standard InChI is InChI=1S/C17H11Cl2N3O3/c18-9-14-20-16(17(24)25)21-22(14)13-7-6-11(19)8-12(13)15(23)10-4-2-1-3-5-10/h1-8H,9H2,(H,24,25). The summed E-state index contributed by atoms with van der Waals surface area (Å²) in [5.41, 5.74) is 1.10. The Hall–Kier alpha value is -2.70. The first-order valence-corrected chi connectivity index (χ1v) is 8.07. The minimum Gasteiger partial charge on any atom is -0.475 e. The number of aromatic nitrogens is 3. The van der Waals surface area contributed by atoms with Gasteiger partial charge in [0.2, 0.25) is 0 Å². The zero-order chi connectivity index (χ0) is 18.0. The van der Waals surface area contributed by atoms with Gasteiger partial charge in [0.05, 0.1) is 11.6 Å². The first-order chi connectivity index (χ1) is 12.0. The second-order valence-corrected chi connectivity index (χ2v) is 5.76. The minimum atomic E-state index is -1.28. The van der Waals surface area contributed by atoms with E-state index in [2.05, 4.69) is 10.1 Å². The minimum absolute atomic E-state index is 0.0676. The van der Waals surface area contributed by atoms with Gasteiger partial charge in [-0.3, -0.25) is 4.79 Å². The van der Waals surface area contributed by atoms with Crippen molar-refractivity contribution in [1.29, 1.82) is 0 Å². The fourth-order valence-corrected chi connectivity index (χ4v) is 2.68. The molecule has 0 amide bonds. The summed E-state index contributed by atoms with van der Waals surface area (Å²) in [5.74, 6) is -1.81. The van der Waals surface area contributed by atoms with Crippen LogP contribution in [0.3, 0.4) is 0 Å². The van der Waals surface area contributed by atoms with E-state index in [0.717, 1.165) is 0 Å². The van der Waals surface area contributed by atoms with Crippen molar-refractivity contribution in [2.24, 2.45) is 0 Å². The molecule has 0 aliphatic carbocycles. The highest BCUT2D eigenvalue weighted by Gasteiger charge is 2.21. The van der Waals surface area contributed by atoms with Crippen LogP contribution in [0.2, 0.25) is 5.02 Å². The van der Waals surface area contributed by atoms with Crippen molar-refractivity contribution in [3.8, 4) is 5.69 Å². The molecule has 1 N–H and O–H groups in total. The summed E-state index contributed by atoms with van der Waals surface area (Å²) in [6.07, 6.45) is 0. The molecule has 1 heterocycles. The van der Waals surface area contributed by atoms with Gasteiger partial charge in [0, 0.05) is 16.1 Å². The van der Waals surface area contributed by atoms with E-state index in [-0.39, 0.29) is 23.1 Å². The van der Waals surface area contributed by atoms with Gasteiger partial charge in [0.1, 0.15) is 5.82 Å². The van der Waals surface area contributed by atoms with Gasteiger partial charge in [0.25, 0.3) is 5.82 Å². The monoisotopic (exact) mass is 375 g/mol. The highest BCUT2D eigenvalue weighted by molar-refractivity contribution is 6.31. The summed E-state index contributed by atoms with van der Waals surface area (Å²) in [6, 6.07) is 13.3. The molecule has 126 valence electrons. The van der Waals surface area contributed by atoms with Gasteiger partial charge in [-0.05, 0) is 18.2 Å². The van der Waals surface area contributed by atoms with Crippen molar-refractivity contribution >= 4 is 35.0 Å². The summed E-state index contributed by atoms with van der Waals surface area (Å²) in [6.45, 7) is 0. The fraction of sp³-hybridized carbons (Fsp3) is 0.0588. The zero-order valence-corrected chi connectivity index (χ0v) is 14.2. The third kappa shape index (κ3) is 3.40. The van der Waals surface area contributed by atoms with Gasteiger partial charge >= 0.3 is 5.97 Å². The average molecular weight is 376 g/mol. The molecule has 0 aliphatic rings. The molecule has 0 radical (unpaired) electrons. The molecule has 2 aromatic carbocycles. The number of nitrogens with zero attached hydrogens (tertiary/aromatic N) is 3. The lowest BCUT2D eigenvalue weighted by atomic mass is 10.0. The molecule has 0 fully saturated rings. The number of benzene rings is 2. The van der Waals surface area contributed by atoms with E-state index in [4.69, 9.17) is 28.3 Å². The van der Waals surface area contributed by atoms with Crippen LogP contribution in [0.1, 0.15) is 32.4 Å². The summed E-state index contributed by atoms with van der Waals surface area (Å²) in [7, 11) is 0. The van der Waals surface area contributed by atoms with E-state index < -0.39 is 11.8 Å². The van der Waals surface area contributed by atoms with Crippen LogP contribution in [0, 0.1) is 0 Å². The van der Waals surface area contributed by atoms with Crippen LogP contribution in [0.5, 0.6) is 0 Å². The molecule has 25 heavy (non-hydrogen) atoms. The molecule has 1 aromatic heterocycles. The Morgan fingerprint density at radius 3 is 2.48 bits per heavy atom. The van der Waals surface area contributed by atoms with Gasteiger partial charge in [0.15, 0.2) is 5.78 Å². The van der Waals surface area contributed by atoms with Gasteiger partial charge in [-0.1, -0.05) is 41.9 Å². The van der Waals surface area contributed by atoms with Crippen LogP contribution in [0.25, 0.3) is 5.69 Å². The number of aromatic carboxylic acids is 1. The third-order valence-corrected chi connectivity index (χ3v) is 3.93. The number of hydrogen-bond donors (Lipinski definition) is 1. The van der Waals surface area contributed by atoms with Gasteiger partial charge in [-0.25, -0.2) is 14.5 Å². The second kappa shape index (κ2) is 7.04. The molecule has 0 saturated heterocycles. The van der Waals surface area contributed by atoms with Crippen LogP contribution >= 0.6 is 23.2 Å². The molecule has 0 bridgehead atoms. The highest BCUT2D eigenvalue weighted by atomic mass is 35.5. The van der Waals surface area contributed by atoms with Gasteiger partial charge in [-0.2, -0.15) is 0 Å². The maximum Gasteiger partial charge on any atom is 0.375 e. The van der Waals surface area contributed by atoms with E-state index in [1.165, 1.54) is 10.7 Å². The SMILES string of the molecule is O=C(O)c1nc(CCl)n(-c2ccc(Cl)cc2C(=O)c2ccccc2)n1. The highest BCUT2D eigenvalue weighted by Crippen LogP contribution is 2.24. The Kier molecular flexibility index (Phi) is 4.83. The number of carbonyl (C=O) groups is 2. The topological polar surface area (TPSA) is 85.1 Å². The summed E-state index contributed by atoms with van der Waals surface area (Å²) >= 11 is 11.9. The number of hydrogen-bond acceptors (Lipinski definition) is 4. The quantitative estimate of drug-likeness (QED) is 0.543. The van der Waals surface area contributed by atoms with E-state index in [9.17, 15) is 9.59 Å². The van der Waals surface area contributed by atoms with Gasteiger partial charge in [-0.15, -0.1) is 16.7 Å². The fourth-order valence-electron chi connectivity index (χ4n) is 2.33. The smallest absolute Gasteiger partial charge is 0.375 e. The van der Waals surface area contributed by atoms with Crippen LogP contribution in [0.4, 0.5) is 0 Å². The predicted molar refractivity (Wildman–Crippen MR) is 92.8 cm³/mol. The number of alkyl halides is 1. The summed E-state index contributed by atoms with van der Waals surface area (Å²) in [4.78, 5) is 27.9. The number of ketones is 1. The van der Waals surface area contributed by atoms with Crippen molar-refractivity contribution in [3.05, 3.63) is 76.3 Å².